The Morgan fingerprint density at radius 3 is 2.45 bits per heavy atom. The second-order valence-electron chi connectivity index (χ2n) is 7.42. The van der Waals surface area contributed by atoms with Crippen LogP contribution in [0.3, 0.4) is 0 Å². The number of ether oxygens (including phenoxy) is 3. The number of benzene rings is 2. The predicted molar refractivity (Wildman–Crippen MR) is 119 cm³/mol. The fourth-order valence-electron chi connectivity index (χ4n) is 3.92. The Morgan fingerprint density at radius 1 is 1.03 bits per heavy atom. The first-order chi connectivity index (χ1) is 15.0. The van der Waals surface area contributed by atoms with Crippen molar-refractivity contribution >= 4 is 5.69 Å². The molecular formula is C23H26N4O4. The molecular weight excluding hydrogens is 396 g/mol. The Bertz CT molecular complexity index is 1140. The minimum absolute atomic E-state index is 0.110. The summed E-state index contributed by atoms with van der Waals surface area (Å²) >= 11 is 0. The van der Waals surface area contributed by atoms with Crippen molar-refractivity contribution in [2.24, 2.45) is 0 Å². The van der Waals surface area contributed by atoms with Crippen molar-refractivity contribution in [1.82, 2.24) is 14.9 Å². The first kappa shape index (κ1) is 20.7. The van der Waals surface area contributed by atoms with Gasteiger partial charge in [-0.2, -0.15) is 0 Å². The molecule has 0 aliphatic carbocycles. The molecule has 0 spiro atoms. The van der Waals surface area contributed by atoms with Crippen LogP contribution in [0.15, 0.2) is 41.2 Å². The van der Waals surface area contributed by atoms with Gasteiger partial charge in [0.05, 0.1) is 32.6 Å². The van der Waals surface area contributed by atoms with E-state index in [0.717, 1.165) is 23.4 Å². The molecule has 3 aromatic rings. The highest BCUT2D eigenvalue weighted by molar-refractivity contribution is 5.59. The molecule has 0 saturated heterocycles. The molecule has 8 heteroatoms. The summed E-state index contributed by atoms with van der Waals surface area (Å²) in [5, 5.41) is 0. The molecule has 0 unspecified atom stereocenters. The Balaban J connectivity index is 1.59. The molecule has 0 fully saturated rings. The van der Waals surface area contributed by atoms with Gasteiger partial charge in [-0.05, 0) is 30.3 Å². The number of fused-ring (bicyclic) bond motifs is 1. The Morgan fingerprint density at radius 2 is 1.77 bits per heavy atom. The molecule has 0 bridgehead atoms. The number of nitrogen functional groups attached to an aromatic ring is 1. The SMILES string of the molecule is COc1ccc(CN2CCc3nc(-c4ccc(N)cc4)[nH]c(=O)c3C2)c(OC)c1OC. The third kappa shape index (κ3) is 4.06. The number of nitrogens with two attached hydrogens (primary N) is 1. The molecule has 31 heavy (non-hydrogen) atoms. The van der Waals surface area contributed by atoms with Crippen molar-refractivity contribution in [2.75, 3.05) is 33.6 Å². The maximum Gasteiger partial charge on any atom is 0.255 e. The number of hydrogen-bond acceptors (Lipinski definition) is 7. The van der Waals surface area contributed by atoms with Crippen LogP contribution in [0.2, 0.25) is 0 Å². The van der Waals surface area contributed by atoms with E-state index >= 15 is 0 Å². The maximum atomic E-state index is 12.8. The van der Waals surface area contributed by atoms with Crippen LogP contribution in [0.4, 0.5) is 5.69 Å². The molecule has 4 rings (SSSR count). The van der Waals surface area contributed by atoms with Crippen LogP contribution >= 0.6 is 0 Å². The van der Waals surface area contributed by atoms with Crippen LogP contribution in [0, 0.1) is 0 Å². The molecule has 8 nitrogen and oxygen atoms in total. The van der Waals surface area contributed by atoms with Crippen molar-refractivity contribution in [3.05, 3.63) is 63.6 Å². The second kappa shape index (κ2) is 8.69. The summed E-state index contributed by atoms with van der Waals surface area (Å²) < 4.78 is 16.4. The normalized spacial score (nSPS) is 13.5. The van der Waals surface area contributed by atoms with E-state index in [0.29, 0.717) is 53.8 Å². The smallest absolute Gasteiger partial charge is 0.255 e. The molecule has 2 aromatic carbocycles. The van der Waals surface area contributed by atoms with E-state index < -0.39 is 0 Å². The van der Waals surface area contributed by atoms with Crippen molar-refractivity contribution in [1.29, 1.82) is 0 Å². The summed E-state index contributed by atoms with van der Waals surface area (Å²) in [5.41, 5.74) is 9.66. The summed E-state index contributed by atoms with van der Waals surface area (Å²) in [6, 6.07) is 11.1. The highest BCUT2D eigenvalue weighted by Gasteiger charge is 2.24. The van der Waals surface area contributed by atoms with Gasteiger partial charge in [0.2, 0.25) is 5.75 Å². The van der Waals surface area contributed by atoms with Crippen molar-refractivity contribution < 1.29 is 14.2 Å². The lowest BCUT2D eigenvalue weighted by molar-refractivity contribution is 0.236. The summed E-state index contributed by atoms with van der Waals surface area (Å²) in [7, 11) is 4.79. The number of methoxy groups -OCH3 is 3. The lowest BCUT2D eigenvalue weighted by atomic mass is 10.0. The number of H-pyrrole nitrogens is 1. The number of nitrogens with zero attached hydrogens (tertiary/aromatic N) is 2. The molecule has 1 aliphatic heterocycles. The molecule has 162 valence electrons. The van der Waals surface area contributed by atoms with Crippen LogP contribution in [-0.2, 0) is 19.5 Å². The topological polar surface area (TPSA) is 103 Å². The molecule has 1 aromatic heterocycles. The summed E-state index contributed by atoms with van der Waals surface area (Å²) in [5.74, 6) is 2.38. The lowest BCUT2D eigenvalue weighted by Gasteiger charge is -2.28. The first-order valence-corrected chi connectivity index (χ1v) is 10.0. The molecule has 0 saturated carbocycles. The average Bonchev–Trinajstić information content (AvgIpc) is 2.79. The number of hydrogen-bond donors (Lipinski definition) is 2. The van der Waals surface area contributed by atoms with Crippen molar-refractivity contribution in [3.8, 4) is 28.6 Å². The van der Waals surface area contributed by atoms with Crippen LogP contribution < -0.4 is 25.5 Å². The maximum absolute atomic E-state index is 12.8. The summed E-state index contributed by atoms with van der Waals surface area (Å²) in [6.45, 7) is 1.90. The quantitative estimate of drug-likeness (QED) is 0.589. The minimum Gasteiger partial charge on any atom is -0.493 e. The van der Waals surface area contributed by atoms with Gasteiger partial charge in [0.1, 0.15) is 5.82 Å². The van der Waals surface area contributed by atoms with E-state index in [1.807, 2.05) is 24.3 Å². The summed E-state index contributed by atoms with van der Waals surface area (Å²) in [6.07, 6.45) is 0.691. The van der Waals surface area contributed by atoms with Gasteiger partial charge in [0.25, 0.3) is 5.56 Å². The Hall–Kier alpha value is -3.52. The van der Waals surface area contributed by atoms with Gasteiger partial charge in [-0.3, -0.25) is 9.69 Å². The first-order valence-electron chi connectivity index (χ1n) is 10.0. The van der Waals surface area contributed by atoms with E-state index in [9.17, 15) is 4.79 Å². The van der Waals surface area contributed by atoms with Crippen LogP contribution in [0.1, 0.15) is 16.8 Å². The third-order valence-electron chi connectivity index (χ3n) is 5.51. The van der Waals surface area contributed by atoms with E-state index in [-0.39, 0.29) is 5.56 Å². The van der Waals surface area contributed by atoms with Crippen molar-refractivity contribution in [3.63, 3.8) is 0 Å². The van der Waals surface area contributed by atoms with E-state index in [1.54, 1.807) is 33.5 Å². The standard InChI is InChI=1S/C23H26N4O4/c1-29-19-9-6-15(20(30-2)21(19)31-3)12-27-11-10-18-17(13-27)23(28)26-22(25-18)14-4-7-16(24)8-5-14/h4-9H,10-13,24H2,1-3H3,(H,25,26,28). The number of aromatic nitrogens is 2. The van der Waals surface area contributed by atoms with Gasteiger partial charge in [0, 0.05) is 42.9 Å². The number of rotatable bonds is 6. The molecule has 0 radical (unpaired) electrons. The highest BCUT2D eigenvalue weighted by atomic mass is 16.5. The second-order valence-corrected chi connectivity index (χ2v) is 7.42. The van der Waals surface area contributed by atoms with Crippen LogP contribution in [-0.4, -0.2) is 42.7 Å². The molecule has 0 amide bonds. The Kier molecular flexibility index (Phi) is 5.81. The zero-order chi connectivity index (χ0) is 22.0. The average molecular weight is 422 g/mol. The van der Waals surface area contributed by atoms with Gasteiger partial charge >= 0.3 is 0 Å². The lowest BCUT2D eigenvalue weighted by Crippen LogP contribution is -2.35. The van der Waals surface area contributed by atoms with E-state index in [1.165, 1.54) is 0 Å². The van der Waals surface area contributed by atoms with Crippen LogP contribution in [0.25, 0.3) is 11.4 Å². The van der Waals surface area contributed by atoms with Gasteiger partial charge in [-0.25, -0.2) is 4.98 Å². The Labute approximate surface area is 180 Å². The monoisotopic (exact) mass is 422 g/mol. The van der Waals surface area contributed by atoms with E-state index in [4.69, 9.17) is 24.9 Å². The largest absolute Gasteiger partial charge is 0.493 e. The number of aromatic amines is 1. The number of nitrogens with one attached hydrogen (secondary N) is 1. The minimum atomic E-state index is -0.110. The van der Waals surface area contributed by atoms with Gasteiger partial charge in [0.15, 0.2) is 11.5 Å². The fraction of sp³-hybridized carbons (Fsp3) is 0.304. The molecule has 3 N–H and O–H groups in total. The van der Waals surface area contributed by atoms with Gasteiger partial charge < -0.3 is 24.9 Å². The highest BCUT2D eigenvalue weighted by Crippen LogP contribution is 2.40. The van der Waals surface area contributed by atoms with Gasteiger partial charge in [-0.15, -0.1) is 0 Å². The van der Waals surface area contributed by atoms with Crippen LogP contribution in [0.5, 0.6) is 17.2 Å². The third-order valence-corrected chi connectivity index (χ3v) is 5.51. The summed E-state index contributed by atoms with van der Waals surface area (Å²) in [4.78, 5) is 22.7. The van der Waals surface area contributed by atoms with Crippen molar-refractivity contribution in [2.45, 2.75) is 19.5 Å². The molecule has 0 atom stereocenters. The van der Waals surface area contributed by atoms with E-state index in [2.05, 4.69) is 9.88 Å². The number of anilines is 1. The fourth-order valence-corrected chi connectivity index (χ4v) is 3.92. The molecule has 2 heterocycles. The zero-order valence-electron chi connectivity index (χ0n) is 17.9. The van der Waals surface area contributed by atoms with Gasteiger partial charge in [-0.1, -0.05) is 6.07 Å². The predicted octanol–water partition coefficient (Wildman–Crippen LogP) is 2.60. The molecule has 1 aliphatic rings. The zero-order valence-corrected chi connectivity index (χ0v) is 17.9.